The highest BCUT2D eigenvalue weighted by molar-refractivity contribution is 6.35. The first-order chi connectivity index (χ1) is 21.5. The molecule has 45 heavy (non-hydrogen) atoms. The molecule has 0 aliphatic heterocycles. The zero-order valence-electron chi connectivity index (χ0n) is 25.3. The van der Waals surface area contributed by atoms with Crippen LogP contribution in [-0.4, -0.2) is 52.5 Å². The summed E-state index contributed by atoms with van der Waals surface area (Å²) in [5.41, 5.74) is 4.61. The number of aliphatic carboxylic acids is 1. The average Bonchev–Trinajstić information content (AvgIpc) is 3.02. The molecule has 3 aromatic rings. The lowest BCUT2D eigenvalue weighted by atomic mass is 9.93. The van der Waals surface area contributed by atoms with E-state index in [2.05, 4.69) is 16.7 Å². The van der Waals surface area contributed by atoms with E-state index in [1.54, 1.807) is 47.4 Å². The van der Waals surface area contributed by atoms with Crippen LogP contribution in [0.25, 0.3) is 5.57 Å². The lowest BCUT2D eigenvalue weighted by Gasteiger charge is -2.24. The molecule has 9 nitrogen and oxygen atoms in total. The summed E-state index contributed by atoms with van der Waals surface area (Å²) in [6.07, 6.45) is 5.06. The Morgan fingerprint density at radius 3 is 2.09 bits per heavy atom. The van der Waals surface area contributed by atoms with Gasteiger partial charge in [0.1, 0.15) is 0 Å². The Hall–Kier alpha value is -3.89. The number of nitrogens with one attached hydrogen (secondary N) is 2. The van der Waals surface area contributed by atoms with Gasteiger partial charge in [-0.05, 0) is 90.8 Å². The Morgan fingerprint density at radius 2 is 1.56 bits per heavy atom. The van der Waals surface area contributed by atoms with E-state index >= 15 is 0 Å². The molecule has 5 N–H and O–H groups in total. The van der Waals surface area contributed by atoms with Gasteiger partial charge in [0, 0.05) is 33.6 Å². The van der Waals surface area contributed by atoms with E-state index in [-0.39, 0.29) is 12.1 Å². The van der Waals surface area contributed by atoms with E-state index in [4.69, 9.17) is 33.4 Å². The molecular weight excluding hydrogens is 617 g/mol. The molecule has 4 rings (SSSR count). The number of hydrogen-bond acceptors (Lipinski definition) is 5. The number of benzene rings is 3. The normalized spacial score (nSPS) is 13.2. The van der Waals surface area contributed by atoms with Crippen LogP contribution in [-0.2, 0) is 11.3 Å². The predicted octanol–water partition coefficient (Wildman–Crippen LogP) is 7.00. The largest absolute Gasteiger partial charge is 0.479 e. The van der Waals surface area contributed by atoms with E-state index in [1.165, 1.54) is 18.4 Å². The molecule has 0 saturated carbocycles. The van der Waals surface area contributed by atoms with Crippen molar-refractivity contribution in [1.29, 1.82) is 0 Å². The second-order valence-corrected chi connectivity index (χ2v) is 11.9. The molecule has 0 aromatic heterocycles. The fourth-order valence-electron chi connectivity index (χ4n) is 4.38. The molecule has 3 aromatic carbocycles. The number of carboxylic acid groups (broad SMARTS) is 1. The van der Waals surface area contributed by atoms with Crippen LogP contribution in [0.5, 0.6) is 0 Å². The van der Waals surface area contributed by atoms with Crippen LogP contribution in [0, 0.1) is 5.92 Å². The number of urea groups is 1. The van der Waals surface area contributed by atoms with Gasteiger partial charge in [0.25, 0.3) is 5.91 Å². The van der Waals surface area contributed by atoms with E-state index in [1.807, 2.05) is 38.1 Å². The van der Waals surface area contributed by atoms with Crippen molar-refractivity contribution in [2.75, 3.05) is 23.4 Å². The molecular formula is C34H39Cl2N3O6. The van der Waals surface area contributed by atoms with Crippen LogP contribution in [0.15, 0.2) is 72.8 Å². The topological polar surface area (TPSA) is 139 Å². The maximum Gasteiger partial charge on any atom is 0.334 e. The van der Waals surface area contributed by atoms with Crippen molar-refractivity contribution >= 4 is 58.1 Å². The van der Waals surface area contributed by atoms with Crippen molar-refractivity contribution in [2.24, 2.45) is 5.92 Å². The van der Waals surface area contributed by atoms with Gasteiger partial charge in [0.15, 0.2) is 6.10 Å². The van der Waals surface area contributed by atoms with Crippen molar-refractivity contribution in [3.05, 3.63) is 99.5 Å². The first-order valence-corrected chi connectivity index (χ1v) is 15.4. The number of anilines is 2. The van der Waals surface area contributed by atoms with Crippen LogP contribution in [0.1, 0.15) is 61.0 Å². The molecule has 1 atom stereocenters. The van der Waals surface area contributed by atoms with Crippen LogP contribution >= 0.6 is 23.2 Å². The SMILES string of the molecule is CC(C)CO.O=C(NCC(O)C(=O)O)c1ccc(CN(C(=O)Nc2cc(Cl)cc(Cl)c2)c2ccc(C3=CCCCC3)cc2)cc1. The van der Waals surface area contributed by atoms with Crippen molar-refractivity contribution in [3.63, 3.8) is 0 Å². The summed E-state index contributed by atoms with van der Waals surface area (Å²) in [5.74, 6) is -1.50. The molecule has 0 spiro atoms. The van der Waals surface area contributed by atoms with Gasteiger partial charge in [-0.2, -0.15) is 0 Å². The summed E-state index contributed by atoms with van der Waals surface area (Å²) >= 11 is 12.2. The molecule has 0 saturated heterocycles. The number of amides is 3. The quantitative estimate of drug-likeness (QED) is 0.159. The second-order valence-electron chi connectivity index (χ2n) is 11.0. The van der Waals surface area contributed by atoms with E-state index in [0.717, 1.165) is 24.0 Å². The van der Waals surface area contributed by atoms with Gasteiger partial charge < -0.3 is 26.0 Å². The highest BCUT2D eigenvalue weighted by Gasteiger charge is 2.19. The average molecular weight is 657 g/mol. The number of carbonyl (C=O) groups excluding carboxylic acids is 2. The molecule has 1 unspecified atom stereocenters. The van der Waals surface area contributed by atoms with Gasteiger partial charge in [-0.1, -0.05) is 67.4 Å². The van der Waals surface area contributed by atoms with Gasteiger partial charge in [0.2, 0.25) is 0 Å². The molecule has 0 heterocycles. The molecule has 11 heteroatoms. The number of aliphatic hydroxyl groups is 2. The predicted molar refractivity (Wildman–Crippen MR) is 179 cm³/mol. The van der Waals surface area contributed by atoms with Gasteiger partial charge in [0.05, 0.1) is 13.1 Å². The maximum atomic E-state index is 13.5. The number of allylic oxidation sites excluding steroid dienone is 2. The van der Waals surface area contributed by atoms with Crippen LogP contribution < -0.4 is 15.5 Å². The van der Waals surface area contributed by atoms with Crippen LogP contribution in [0.2, 0.25) is 10.0 Å². The van der Waals surface area contributed by atoms with E-state index < -0.39 is 30.6 Å². The smallest absolute Gasteiger partial charge is 0.334 e. The number of carboxylic acids is 1. The van der Waals surface area contributed by atoms with Gasteiger partial charge in [-0.25, -0.2) is 9.59 Å². The van der Waals surface area contributed by atoms with Crippen LogP contribution in [0.4, 0.5) is 16.2 Å². The summed E-state index contributed by atoms with van der Waals surface area (Å²) in [7, 11) is 0. The summed E-state index contributed by atoms with van der Waals surface area (Å²) in [4.78, 5) is 38.2. The minimum absolute atomic E-state index is 0.196. The Bertz CT molecular complexity index is 1460. The van der Waals surface area contributed by atoms with Crippen molar-refractivity contribution < 1.29 is 29.7 Å². The Balaban J connectivity index is 0.00000102. The summed E-state index contributed by atoms with van der Waals surface area (Å²) in [6.45, 7) is 4.03. The number of aliphatic hydroxyl groups excluding tert-OH is 2. The molecule has 3 amide bonds. The summed E-state index contributed by atoms with van der Waals surface area (Å²) < 4.78 is 0. The fraction of sp³-hybridized carbons (Fsp3) is 0.324. The molecule has 0 fully saturated rings. The monoisotopic (exact) mass is 655 g/mol. The first-order valence-electron chi connectivity index (χ1n) is 14.7. The summed E-state index contributed by atoms with van der Waals surface area (Å²) in [5, 5.41) is 32.3. The van der Waals surface area contributed by atoms with E-state index in [0.29, 0.717) is 33.9 Å². The number of hydrogen-bond donors (Lipinski definition) is 5. The second kappa shape index (κ2) is 17.6. The highest BCUT2D eigenvalue weighted by atomic mass is 35.5. The van der Waals surface area contributed by atoms with Gasteiger partial charge in [-0.3, -0.25) is 9.69 Å². The molecule has 0 radical (unpaired) electrons. The lowest BCUT2D eigenvalue weighted by Crippen LogP contribution is -2.36. The molecule has 1 aliphatic rings. The Morgan fingerprint density at radius 1 is 0.933 bits per heavy atom. The number of carbonyl (C=O) groups is 3. The molecule has 0 bridgehead atoms. The number of nitrogens with zero attached hydrogens (tertiary/aromatic N) is 1. The third-order valence-electron chi connectivity index (χ3n) is 6.86. The van der Waals surface area contributed by atoms with Crippen molar-refractivity contribution in [3.8, 4) is 0 Å². The fourth-order valence-corrected chi connectivity index (χ4v) is 4.90. The minimum atomic E-state index is -1.69. The number of halogens is 2. The van der Waals surface area contributed by atoms with Crippen LogP contribution in [0.3, 0.4) is 0 Å². The van der Waals surface area contributed by atoms with Gasteiger partial charge >= 0.3 is 12.0 Å². The lowest BCUT2D eigenvalue weighted by molar-refractivity contribution is -0.146. The Labute approximate surface area is 273 Å². The van der Waals surface area contributed by atoms with Crippen molar-refractivity contribution in [1.82, 2.24) is 5.32 Å². The minimum Gasteiger partial charge on any atom is -0.479 e. The maximum absolute atomic E-state index is 13.5. The van der Waals surface area contributed by atoms with Gasteiger partial charge in [-0.15, -0.1) is 0 Å². The zero-order valence-corrected chi connectivity index (χ0v) is 26.8. The number of rotatable bonds is 10. The third kappa shape index (κ3) is 11.5. The van der Waals surface area contributed by atoms with Crippen molar-refractivity contribution in [2.45, 2.75) is 52.2 Å². The van der Waals surface area contributed by atoms with E-state index in [9.17, 15) is 19.5 Å². The molecule has 1 aliphatic carbocycles. The molecule has 240 valence electrons. The third-order valence-corrected chi connectivity index (χ3v) is 7.30. The Kier molecular flexibility index (Phi) is 13.9. The standard InChI is InChI=1S/C30H29Cl2N3O5.C4H10O/c31-23-14-24(32)16-25(15-23)34-30(40)35(26-12-10-21(11-13-26)20-4-2-1-3-5-20)18-19-6-8-22(9-7-19)28(37)33-17-27(36)29(38)39;1-4(2)3-5/h4,6-16,27,36H,1-3,5,17-18H2,(H,33,37)(H,34,40)(H,38,39);4-5H,3H2,1-2H3. The highest BCUT2D eigenvalue weighted by Crippen LogP contribution is 2.29. The first kappa shape index (κ1) is 35.6. The zero-order chi connectivity index (χ0) is 32.9. The summed E-state index contributed by atoms with van der Waals surface area (Å²) in [6, 6.07) is 18.8.